The number of amides is 1. The van der Waals surface area contributed by atoms with E-state index in [1.807, 2.05) is 29.7 Å². The number of hydrogen-bond acceptors (Lipinski definition) is 4. The molecule has 4 rings (SSSR count). The van der Waals surface area contributed by atoms with E-state index in [4.69, 9.17) is 0 Å². The average Bonchev–Trinajstić information content (AvgIpc) is 3.25. The number of hydrogen-bond donors (Lipinski definition) is 1. The highest BCUT2D eigenvalue weighted by Gasteiger charge is 2.32. The Hall–Kier alpha value is -3.20. The summed E-state index contributed by atoms with van der Waals surface area (Å²) in [5.74, 6) is -0.244. The Bertz CT molecular complexity index is 1230. The molecule has 0 radical (unpaired) electrons. The van der Waals surface area contributed by atoms with Gasteiger partial charge in [0.25, 0.3) is 5.91 Å². The molecule has 0 aliphatic carbocycles. The molecule has 0 fully saturated rings. The van der Waals surface area contributed by atoms with Gasteiger partial charge in [0.15, 0.2) is 0 Å². The van der Waals surface area contributed by atoms with Crippen LogP contribution in [0.3, 0.4) is 0 Å². The number of rotatable bonds is 4. The van der Waals surface area contributed by atoms with Crippen molar-refractivity contribution in [2.75, 3.05) is 5.32 Å². The Morgan fingerprint density at radius 3 is 2.60 bits per heavy atom. The molecular formula is C21H17F3N4OS. The van der Waals surface area contributed by atoms with Crippen molar-refractivity contribution < 1.29 is 18.0 Å². The van der Waals surface area contributed by atoms with Gasteiger partial charge in [-0.1, -0.05) is 17.7 Å². The van der Waals surface area contributed by atoms with Crippen molar-refractivity contribution in [2.24, 2.45) is 0 Å². The fourth-order valence-corrected chi connectivity index (χ4v) is 3.92. The first-order valence-electron chi connectivity index (χ1n) is 9.05. The number of anilines is 1. The quantitative estimate of drug-likeness (QED) is 0.470. The summed E-state index contributed by atoms with van der Waals surface area (Å²) in [6.45, 7) is 4.05. The van der Waals surface area contributed by atoms with Gasteiger partial charge in [0.2, 0.25) is 0 Å². The van der Waals surface area contributed by atoms with Crippen LogP contribution in [0.25, 0.3) is 10.9 Å². The lowest BCUT2D eigenvalue weighted by atomic mass is 10.1. The predicted octanol–water partition coefficient (Wildman–Crippen LogP) is 5.43. The molecule has 154 valence electrons. The molecule has 9 heteroatoms. The summed E-state index contributed by atoms with van der Waals surface area (Å²) < 4.78 is 40.1. The van der Waals surface area contributed by atoms with E-state index in [1.54, 1.807) is 18.6 Å². The second kappa shape index (κ2) is 7.56. The van der Waals surface area contributed by atoms with Crippen molar-refractivity contribution in [3.63, 3.8) is 0 Å². The number of alkyl halides is 3. The first-order chi connectivity index (χ1) is 14.2. The zero-order valence-electron chi connectivity index (χ0n) is 16.1. The Kier molecular flexibility index (Phi) is 5.07. The van der Waals surface area contributed by atoms with Crippen molar-refractivity contribution in [2.45, 2.75) is 26.6 Å². The van der Waals surface area contributed by atoms with Gasteiger partial charge in [0.1, 0.15) is 10.6 Å². The molecule has 1 N–H and O–H groups in total. The third kappa shape index (κ3) is 3.93. The zero-order valence-corrected chi connectivity index (χ0v) is 16.9. The number of carbonyl (C=O) groups excluding carboxylic acids is 1. The van der Waals surface area contributed by atoms with E-state index >= 15 is 0 Å². The molecule has 1 amide bonds. The minimum Gasteiger partial charge on any atom is -0.341 e. The number of halogens is 3. The van der Waals surface area contributed by atoms with E-state index < -0.39 is 11.9 Å². The first-order valence-corrected chi connectivity index (χ1v) is 9.93. The van der Waals surface area contributed by atoms with Crippen LogP contribution in [0.4, 0.5) is 18.9 Å². The maximum absolute atomic E-state index is 12.8. The Morgan fingerprint density at radius 1 is 1.17 bits per heavy atom. The topological polar surface area (TPSA) is 59.8 Å². The van der Waals surface area contributed by atoms with Gasteiger partial charge in [-0.3, -0.25) is 9.78 Å². The Balaban J connectivity index is 1.67. The summed E-state index contributed by atoms with van der Waals surface area (Å²) in [5, 5.41) is 3.79. The second-order valence-electron chi connectivity index (χ2n) is 6.96. The largest absolute Gasteiger partial charge is 0.433 e. The SMILES string of the molecule is Cc1ccc2c(c1)c(NC(=O)c1scnc1C)cn2Cc1ccc(C(F)(F)F)nc1. The lowest BCUT2D eigenvalue weighted by Crippen LogP contribution is -2.11. The van der Waals surface area contributed by atoms with Crippen molar-refractivity contribution in [3.8, 4) is 0 Å². The summed E-state index contributed by atoms with van der Waals surface area (Å²) in [4.78, 5) is 20.8. The zero-order chi connectivity index (χ0) is 21.5. The molecule has 3 aromatic heterocycles. The van der Waals surface area contributed by atoms with Gasteiger partial charge in [0, 0.05) is 24.3 Å². The molecule has 5 nitrogen and oxygen atoms in total. The van der Waals surface area contributed by atoms with Crippen LogP contribution in [0.1, 0.15) is 32.2 Å². The van der Waals surface area contributed by atoms with Crippen molar-refractivity contribution in [1.29, 1.82) is 0 Å². The number of nitrogens with zero attached hydrogens (tertiary/aromatic N) is 3. The van der Waals surface area contributed by atoms with Crippen LogP contribution in [-0.4, -0.2) is 20.4 Å². The minimum atomic E-state index is -4.47. The van der Waals surface area contributed by atoms with E-state index in [-0.39, 0.29) is 5.91 Å². The van der Waals surface area contributed by atoms with E-state index in [2.05, 4.69) is 15.3 Å². The van der Waals surface area contributed by atoms with Crippen LogP contribution in [0.2, 0.25) is 0 Å². The fraction of sp³-hybridized carbons (Fsp3) is 0.190. The van der Waals surface area contributed by atoms with E-state index in [0.717, 1.165) is 22.5 Å². The molecule has 30 heavy (non-hydrogen) atoms. The molecular weight excluding hydrogens is 413 g/mol. The molecule has 1 aromatic carbocycles. The third-order valence-corrected chi connectivity index (χ3v) is 5.63. The van der Waals surface area contributed by atoms with Gasteiger partial charge in [-0.2, -0.15) is 13.2 Å². The molecule has 0 unspecified atom stereocenters. The molecule has 0 aliphatic heterocycles. The van der Waals surface area contributed by atoms with Gasteiger partial charge >= 0.3 is 6.18 Å². The number of thiazole rings is 1. The summed E-state index contributed by atoms with van der Waals surface area (Å²) in [7, 11) is 0. The summed E-state index contributed by atoms with van der Waals surface area (Å²) in [6, 6.07) is 8.22. The molecule has 0 saturated carbocycles. The van der Waals surface area contributed by atoms with Crippen LogP contribution in [-0.2, 0) is 12.7 Å². The molecule has 0 spiro atoms. The monoisotopic (exact) mass is 430 g/mol. The van der Waals surface area contributed by atoms with Crippen LogP contribution in [0, 0.1) is 13.8 Å². The molecule has 0 bridgehead atoms. The fourth-order valence-electron chi connectivity index (χ4n) is 3.22. The lowest BCUT2D eigenvalue weighted by Gasteiger charge is -2.08. The first kappa shape index (κ1) is 20.1. The normalized spacial score (nSPS) is 11.8. The van der Waals surface area contributed by atoms with E-state index in [9.17, 15) is 18.0 Å². The molecule has 3 heterocycles. The van der Waals surface area contributed by atoms with Gasteiger partial charge in [-0.25, -0.2) is 4.98 Å². The lowest BCUT2D eigenvalue weighted by molar-refractivity contribution is -0.141. The minimum absolute atomic E-state index is 0.244. The highest BCUT2D eigenvalue weighted by molar-refractivity contribution is 7.12. The number of carbonyl (C=O) groups is 1. The van der Waals surface area contributed by atoms with Crippen LogP contribution in [0.15, 0.2) is 48.2 Å². The maximum Gasteiger partial charge on any atom is 0.433 e. The van der Waals surface area contributed by atoms with E-state index in [1.165, 1.54) is 23.6 Å². The van der Waals surface area contributed by atoms with Crippen LogP contribution >= 0.6 is 11.3 Å². The Morgan fingerprint density at radius 2 is 1.97 bits per heavy atom. The third-order valence-electron chi connectivity index (χ3n) is 4.70. The van der Waals surface area contributed by atoms with Gasteiger partial charge in [-0.15, -0.1) is 11.3 Å². The summed E-state index contributed by atoms with van der Waals surface area (Å²) >= 11 is 1.27. The van der Waals surface area contributed by atoms with Gasteiger partial charge in [0.05, 0.1) is 22.4 Å². The molecule has 0 atom stereocenters. The van der Waals surface area contributed by atoms with Gasteiger partial charge in [-0.05, 0) is 37.6 Å². The molecule has 4 aromatic rings. The maximum atomic E-state index is 12.8. The number of nitrogens with one attached hydrogen (secondary N) is 1. The van der Waals surface area contributed by atoms with Crippen molar-refractivity contribution in [1.82, 2.24) is 14.5 Å². The standard InChI is InChI=1S/C21H17F3N4OS/c1-12-3-5-17-15(7-12)16(27-20(29)19-13(2)26-11-30-19)10-28(17)9-14-4-6-18(25-8-14)21(22,23)24/h3-8,10-11H,9H2,1-2H3,(H,27,29). The number of pyridine rings is 1. The molecule has 0 saturated heterocycles. The smallest absolute Gasteiger partial charge is 0.341 e. The van der Waals surface area contributed by atoms with Gasteiger partial charge < -0.3 is 9.88 Å². The number of fused-ring (bicyclic) bond motifs is 1. The summed E-state index contributed by atoms with van der Waals surface area (Å²) in [6.07, 6.45) is -1.46. The summed E-state index contributed by atoms with van der Waals surface area (Å²) in [5.41, 5.74) is 4.50. The van der Waals surface area contributed by atoms with Crippen molar-refractivity contribution in [3.05, 3.63) is 75.6 Å². The van der Waals surface area contributed by atoms with Crippen molar-refractivity contribution >= 4 is 33.8 Å². The Labute approximate surface area is 174 Å². The highest BCUT2D eigenvalue weighted by atomic mass is 32.1. The predicted molar refractivity (Wildman–Crippen MR) is 110 cm³/mol. The molecule has 0 aliphatic rings. The van der Waals surface area contributed by atoms with Crippen LogP contribution in [0.5, 0.6) is 0 Å². The number of benzene rings is 1. The highest BCUT2D eigenvalue weighted by Crippen LogP contribution is 2.30. The number of aryl methyl sites for hydroxylation is 2. The second-order valence-corrected chi connectivity index (χ2v) is 7.82. The average molecular weight is 430 g/mol. The van der Waals surface area contributed by atoms with Crippen LogP contribution < -0.4 is 5.32 Å². The van der Waals surface area contributed by atoms with E-state index in [0.29, 0.717) is 28.4 Å². The number of aromatic nitrogens is 3.